The van der Waals surface area contributed by atoms with Gasteiger partial charge in [0.05, 0.1) is 12.6 Å². The summed E-state index contributed by atoms with van der Waals surface area (Å²) in [5.41, 5.74) is -1.12. The van der Waals surface area contributed by atoms with E-state index in [1.165, 1.54) is 12.3 Å². The first-order chi connectivity index (χ1) is 14.5. The molecule has 2 heterocycles. The minimum absolute atomic E-state index is 0.216. The highest BCUT2D eigenvalue weighted by Crippen LogP contribution is 2.34. The van der Waals surface area contributed by atoms with Gasteiger partial charge in [0, 0.05) is 44.7 Å². The maximum absolute atomic E-state index is 11.8. The molecule has 0 amide bonds. The summed E-state index contributed by atoms with van der Waals surface area (Å²) in [4.78, 5) is 27.5. The molecule has 0 fully saturated rings. The largest absolute Gasteiger partial charge is 0.490 e. The molecule has 10 heteroatoms. The van der Waals surface area contributed by atoms with Crippen molar-refractivity contribution in [3.63, 3.8) is 0 Å². The van der Waals surface area contributed by atoms with Crippen LogP contribution in [-0.2, 0) is 4.74 Å². The molecule has 0 spiro atoms. The second-order valence-electron chi connectivity index (χ2n) is 7.93. The minimum Gasteiger partial charge on any atom is -0.490 e. The number of carboxylic acids is 1. The van der Waals surface area contributed by atoms with E-state index < -0.39 is 11.4 Å². The Kier molecular flexibility index (Phi) is 9.14. The van der Waals surface area contributed by atoms with Gasteiger partial charge in [0.25, 0.3) is 0 Å². The molecule has 0 aliphatic carbocycles. The number of hydrogen-bond acceptors (Lipinski definition) is 6. The number of aromatic nitrogens is 2. The Bertz CT molecular complexity index is 973. The molecule has 170 valence electrons. The van der Waals surface area contributed by atoms with Gasteiger partial charge in [-0.15, -0.1) is 0 Å². The summed E-state index contributed by atoms with van der Waals surface area (Å²) in [6.07, 6.45) is 3.63. The van der Waals surface area contributed by atoms with Crippen LogP contribution in [0.3, 0.4) is 0 Å². The Hall–Kier alpha value is -1.85. The smallest absolute Gasteiger partial charge is 0.341 e. The Morgan fingerprint density at radius 2 is 2.00 bits per heavy atom. The third-order valence-electron chi connectivity index (χ3n) is 4.54. The van der Waals surface area contributed by atoms with Crippen molar-refractivity contribution in [1.82, 2.24) is 9.55 Å². The maximum Gasteiger partial charge on any atom is 0.341 e. The second-order valence-corrected chi connectivity index (χ2v) is 9.31. The fourth-order valence-corrected chi connectivity index (χ4v) is 3.72. The molecule has 0 saturated carbocycles. The molecule has 2 aromatic heterocycles. The third-order valence-corrected chi connectivity index (χ3v) is 5.59. The molecule has 1 N–H and O–H groups in total. The zero-order valence-electron chi connectivity index (χ0n) is 17.9. The first-order valence-electron chi connectivity index (χ1n) is 9.60. The van der Waals surface area contributed by atoms with Crippen molar-refractivity contribution in [3.8, 4) is 11.5 Å². The van der Waals surface area contributed by atoms with Gasteiger partial charge < -0.3 is 23.9 Å². The van der Waals surface area contributed by atoms with E-state index in [4.69, 9.17) is 25.8 Å². The molecule has 0 radical (unpaired) electrons. The lowest BCUT2D eigenvalue weighted by atomic mass is 9.87. The number of halogens is 2. The number of aromatic carboxylic acids is 1. The third kappa shape index (κ3) is 7.08. The fourth-order valence-electron chi connectivity index (χ4n) is 2.83. The zero-order chi connectivity index (χ0) is 23.2. The van der Waals surface area contributed by atoms with Crippen LogP contribution in [0, 0.1) is 9.12 Å². The van der Waals surface area contributed by atoms with E-state index >= 15 is 0 Å². The van der Waals surface area contributed by atoms with Gasteiger partial charge in [-0.05, 0) is 28.0 Å². The Morgan fingerprint density at radius 3 is 2.61 bits per heavy atom. The lowest BCUT2D eigenvalue weighted by Gasteiger charge is -2.33. The van der Waals surface area contributed by atoms with Gasteiger partial charge in [-0.25, -0.2) is 9.78 Å². The monoisotopic (exact) mass is 564 g/mol. The van der Waals surface area contributed by atoms with E-state index in [0.717, 1.165) is 0 Å². The molecule has 1 atom stereocenters. The second kappa shape index (κ2) is 11.1. The van der Waals surface area contributed by atoms with Crippen LogP contribution in [-0.4, -0.2) is 47.6 Å². The summed E-state index contributed by atoms with van der Waals surface area (Å²) >= 11 is 8.22. The van der Waals surface area contributed by atoms with Gasteiger partial charge in [0.1, 0.15) is 15.9 Å². The zero-order valence-corrected chi connectivity index (χ0v) is 20.8. The number of rotatable bonds is 10. The van der Waals surface area contributed by atoms with Crippen LogP contribution >= 0.6 is 34.2 Å². The Morgan fingerprint density at radius 1 is 1.29 bits per heavy atom. The summed E-state index contributed by atoms with van der Waals surface area (Å²) in [6, 6.07) is 2.68. The molecule has 0 saturated heterocycles. The lowest BCUT2D eigenvalue weighted by Crippen LogP contribution is -2.31. The summed E-state index contributed by atoms with van der Waals surface area (Å²) in [5.74, 6) is -0.350. The molecule has 0 aliphatic rings. The molecular weight excluding hydrogens is 539 g/mol. The quantitative estimate of drug-likeness (QED) is 0.261. The predicted molar refractivity (Wildman–Crippen MR) is 126 cm³/mol. The van der Waals surface area contributed by atoms with E-state index in [1.807, 2.05) is 43.4 Å². The molecule has 0 aromatic carbocycles. The lowest BCUT2D eigenvalue weighted by molar-refractivity contribution is 0.0692. The van der Waals surface area contributed by atoms with Crippen LogP contribution < -0.4 is 14.9 Å². The number of hydrogen-bond donors (Lipinski definition) is 1. The summed E-state index contributed by atoms with van der Waals surface area (Å²) in [7, 11) is 1.62. The topological polar surface area (TPSA) is 99.9 Å². The van der Waals surface area contributed by atoms with Crippen LogP contribution in [0.25, 0.3) is 0 Å². The van der Waals surface area contributed by atoms with Gasteiger partial charge in [0.15, 0.2) is 22.1 Å². The Balaban J connectivity index is 2.25. The first-order valence-corrected chi connectivity index (χ1v) is 11.1. The fraction of sp³-hybridized carbons (Fsp3) is 0.476. The number of carbonyl (C=O) groups is 1. The molecular formula is C21H26ClIN2O6. The normalized spacial score (nSPS) is 12.5. The van der Waals surface area contributed by atoms with Crippen LogP contribution in [0.15, 0.2) is 29.3 Å². The summed E-state index contributed by atoms with van der Waals surface area (Å²) in [6.45, 7) is 7.24. The average Bonchev–Trinajstić information content (AvgIpc) is 2.67. The van der Waals surface area contributed by atoms with E-state index in [2.05, 4.69) is 4.98 Å². The van der Waals surface area contributed by atoms with Crippen LogP contribution in [0.1, 0.15) is 43.6 Å². The minimum atomic E-state index is -1.26. The van der Waals surface area contributed by atoms with E-state index in [9.17, 15) is 14.7 Å². The van der Waals surface area contributed by atoms with E-state index in [1.54, 1.807) is 23.9 Å². The molecule has 0 bridgehead atoms. The van der Waals surface area contributed by atoms with E-state index in [-0.39, 0.29) is 28.8 Å². The van der Waals surface area contributed by atoms with Crippen molar-refractivity contribution in [2.24, 2.45) is 5.41 Å². The van der Waals surface area contributed by atoms with Gasteiger partial charge in [-0.3, -0.25) is 4.79 Å². The molecule has 8 nitrogen and oxygen atoms in total. The standard InChI is InChI=1S/C21H26ClIN2O6/c1-21(2,3)17(25-7-6-14(26)13(11-25)20(27)28)12-31-16-10-15(18(22)24-19(16)23)30-9-5-8-29-4/h6-7,10-11,17H,5,8-9,12H2,1-4H3,(H,27,28)/t17-/m0/s1. The molecule has 0 unspecified atom stereocenters. The highest BCUT2D eigenvalue weighted by molar-refractivity contribution is 14.1. The molecule has 2 aromatic rings. The first kappa shape index (κ1) is 25.4. The van der Waals surface area contributed by atoms with Crippen molar-refractivity contribution in [1.29, 1.82) is 0 Å². The van der Waals surface area contributed by atoms with Gasteiger partial charge in [-0.2, -0.15) is 0 Å². The number of nitrogens with zero attached hydrogens (tertiary/aromatic N) is 2. The number of ether oxygens (including phenoxy) is 3. The van der Waals surface area contributed by atoms with Gasteiger partial charge >= 0.3 is 5.97 Å². The summed E-state index contributed by atoms with van der Waals surface area (Å²) < 4.78 is 19.0. The van der Waals surface area contributed by atoms with Gasteiger partial charge in [-0.1, -0.05) is 32.4 Å². The highest BCUT2D eigenvalue weighted by atomic mass is 127. The SMILES string of the molecule is COCCCOc1cc(OC[C@H](n2ccc(=O)c(C(=O)O)c2)C(C)(C)C)c(I)nc1Cl. The Labute approximate surface area is 199 Å². The van der Waals surface area contributed by atoms with Crippen LogP contribution in [0.5, 0.6) is 11.5 Å². The highest BCUT2D eigenvalue weighted by Gasteiger charge is 2.28. The maximum atomic E-state index is 11.8. The molecule has 0 aliphatic heterocycles. The van der Waals surface area contributed by atoms with Crippen LogP contribution in [0.4, 0.5) is 0 Å². The number of methoxy groups -OCH3 is 1. The van der Waals surface area contributed by atoms with Crippen molar-refractivity contribution in [3.05, 3.63) is 49.2 Å². The van der Waals surface area contributed by atoms with Crippen LogP contribution in [0.2, 0.25) is 5.15 Å². The number of pyridine rings is 2. The van der Waals surface area contributed by atoms with Crippen molar-refractivity contribution in [2.45, 2.75) is 33.2 Å². The van der Waals surface area contributed by atoms with Crippen molar-refractivity contribution >= 4 is 40.2 Å². The summed E-state index contributed by atoms with van der Waals surface area (Å²) in [5, 5.41) is 9.54. The average molecular weight is 565 g/mol. The van der Waals surface area contributed by atoms with Crippen molar-refractivity contribution in [2.75, 3.05) is 26.9 Å². The van der Waals surface area contributed by atoms with E-state index in [0.29, 0.717) is 34.8 Å². The molecule has 31 heavy (non-hydrogen) atoms. The predicted octanol–water partition coefficient (Wildman–Crippen LogP) is 4.28. The number of carboxylic acid groups (broad SMARTS) is 1. The van der Waals surface area contributed by atoms with Gasteiger partial charge in [0.2, 0.25) is 0 Å². The van der Waals surface area contributed by atoms with Crippen molar-refractivity contribution < 1.29 is 24.1 Å². The molecule has 2 rings (SSSR count).